The molecule has 4 nitrogen and oxygen atoms in total. The number of fused-ring (bicyclic) bond motifs is 4. The van der Waals surface area contributed by atoms with Crippen molar-refractivity contribution in [2.45, 2.75) is 18.9 Å². The molecule has 0 bridgehead atoms. The van der Waals surface area contributed by atoms with Crippen LogP contribution < -0.4 is 10.3 Å². The second-order valence-corrected chi connectivity index (χ2v) is 6.29. The van der Waals surface area contributed by atoms with Crippen LogP contribution in [0.5, 0.6) is 0 Å². The Balaban J connectivity index is 2.00. The van der Waals surface area contributed by atoms with Crippen LogP contribution in [0.25, 0.3) is 11.0 Å². The molecule has 3 heterocycles. The van der Waals surface area contributed by atoms with Gasteiger partial charge in [0, 0.05) is 6.54 Å². The van der Waals surface area contributed by atoms with E-state index in [1.54, 1.807) is 0 Å². The van der Waals surface area contributed by atoms with Gasteiger partial charge in [-0.2, -0.15) is 0 Å². The number of hydrogen-bond donors (Lipinski definition) is 0. The standard InChI is InChI=1S/C15H13BrFNO3/c16-12-6-8(17)5-11-13(19)10-2-1-9-7-20-4-3-18(9)15(10)21-14(11)12/h5-6,9H,1-4,7H2/t9-/m1/s1. The molecule has 0 spiro atoms. The van der Waals surface area contributed by atoms with Crippen molar-refractivity contribution in [1.82, 2.24) is 0 Å². The molecule has 1 aromatic carbocycles. The summed E-state index contributed by atoms with van der Waals surface area (Å²) in [5.41, 5.74) is 0.932. The predicted octanol–water partition coefficient (Wildman–Crippen LogP) is 2.85. The van der Waals surface area contributed by atoms with Gasteiger partial charge < -0.3 is 14.1 Å². The second-order valence-electron chi connectivity index (χ2n) is 5.44. The molecule has 0 unspecified atom stereocenters. The number of rotatable bonds is 0. The van der Waals surface area contributed by atoms with Crippen LogP contribution in [-0.2, 0) is 11.2 Å². The van der Waals surface area contributed by atoms with E-state index in [9.17, 15) is 9.18 Å². The van der Waals surface area contributed by atoms with E-state index in [0.29, 0.717) is 53.1 Å². The number of morpholine rings is 1. The molecule has 0 amide bonds. The molecule has 0 aliphatic carbocycles. The van der Waals surface area contributed by atoms with E-state index in [4.69, 9.17) is 9.15 Å². The maximum absolute atomic E-state index is 13.5. The van der Waals surface area contributed by atoms with Crippen LogP contribution in [0.3, 0.4) is 0 Å². The van der Waals surface area contributed by atoms with E-state index in [-0.39, 0.29) is 11.5 Å². The minimum atomic E-state index is -0.443. The van der Waals surface area contributed by atoms with Crippen LogP contribution >= 0.6 is 15.9 Å². The van der Waals surface area contributed by atoms with Gasteiger partial charge in [0.2, 0.25) is 5.88 Å². The van der Waals surface area contributed by atoms with Crippen molar-refractivity contribution in [3.05, 3.63) is 38.2 Å². The zero-order valence-electron chi connectivity index (χ0n) is 11.2. The number of anilines is 1. The summed E-state index contributed by atoms with van der Waals surface area (Å²) in [7, 11) is 0. The van der Waals surface area contributed by atoms with Crippen molar-refractivity contribution >= 4 is 32.8 Å². The Labute approximate surface area is 128 Å². The van der Waals surface area contributed by atoms with Crippen molar-refractivity contribution in [3.8, 4) is 0 Å². The number of halogens is 2. The van der Waals surface area contributed by atoms with Gasteiger partial charge in [0.25, 0.3) is 0 Å². The van der Waals surface area contributed by atoms with Crippen LogP contribution in [0, 0.1) is 5.82 Å². The summed E-state index contributed by atoms with van der Waals surface area (Å²) >= 11 is 3.28. The molecule has 4 rings (SSSR count). The van der Waals surface area contributed by atoms with Gasteiger partial charge in [-0.05, 0) is 40.9 Å². The summed E-state index contributed by atoms with van der Waals surface area (Å²) in [5, 5.41) is 0.298. The molecule has 110 valence electrons. The molecule has 2 aliphatic rings. The highest BCUT2D eigenvalue weighted by atomic mass is 79.9. The first-order valence-corrected chi connectivity index (χ1v) is 7.73. The van der Waals surface area contributed by atoms with Gasteiger partial charge >= 0.3 is 0 Å². The van der Waals surface area contributed by atoms with Crippen molar-refractivity contribution in [3.63, 3.8) is 0 Å². The first-order chi connectivity index (χ1) is 10.1. The largest absolute Gasteiger partial charge is 0.439 e. The minimum Gasteiger partial charge on any atom is -0.439 e. The molecule has 0 radical (unpaired) electrons. The Hall–Kier alpha value is -1.40. The Morgan fingerprint density at radius 3 is 3.10 bits per heavy atom. The summed E-state index contributed by atoms with van der Waals surface area (Å²) < 4.78 is 25.5. The van der Waals surface area contributed by atoms with Gasteiger partial charge in [-0.1, -0.05) is 0 Å². The molecular weight excluding hydrogens is 341 g/mol. The van der Waals surface area contributed by atoms with Crippen LogP contribution in [-0.4, -0.2) is 25.8 Å². The average Bonchev–Trinajstić information content (AvgIpc) is 2.48. The number of benzene rings is 1. The summed E-state index contributed by atoms with van der Waals surface area (Å²) in [6.07, 6.45) is 1.51. The third-order valence-corrected chi connectivity index (χ3v) is 4.79. The lowest BCUT2D eigenvalue weighted by molar-refractivity contribution is 0.0868. The molecule has 2 aliphatic heterocycles. The number of ether oxygens (including phenoxy) is 1. The molecule has 0 N–H and O–H groups in total. The Bertz CT molecular complexity index is 789. The maximum Gasteiger partial charge on any atom is 0.203 e. The fourth-order valence-electron chi connectivity index (χ4n) is 3.18. The zero-order chi connectivity index (χ0) is 14.6. The number of nitrogens with zero attached hydrogens (tertiary/aromatic N) is 1. The smallest absolute Gasteiger partial charge is 0.203 e. The topological polar surface area (TPSA) is 42.7 Å². The SMILES string of the molecule is O=c1c2c(oc3c(Br)cc(F)cc13)N1CCOC[C@H]1CC2. The fraction of sp³-hybridized carbons (Fsp3) is 0.400. The van der Waals surface area contributed by atoms with E-state index >= 15 is 0 Å². The summed E-state index contributed by atoms with van der Waals surface area (Å²) in [6, 6.07) is 2.82. The van der Waals surface area contributed by atoms with Gasteiger partial charge in [0.05, 0.1) is 34.7 Å². The zero-order valence-corrected chi connectivity index (χ0v) is 12.8. The number of hydrogen-bond acceptors (Lipinski definition) is 4. The molecule has 1 saturated heterocycles. The van der Waals surface area contributed by atoms with Crippen molar-refractivity contribution in [2.75, 3.05) is 24.7 Å². The Morgan fingerprint density at radius 1 is 1.38 bits per heavy atom. The third kappa shape index (κ3) is 2.00. The molecular formula is C15H13BrFNO3. The lowest BCUT2D eigenvalue weighted by Crippen LogP contribution is -2.49. The van der Waals surface area contributed by atoms with Crippen molar-refractivity contribution in [2.24, 2.45) is 0 Å². The molecule has 1 fully saturated rings. The normalized spacial score (nSPS) is 21.2. The van der Waals surface area contributed by atoms with Crippen LogP contribution in [0.2, 0.25) is 0 Å². The molecule has 0 saturated carbocycles. The molecule has 1 aromatic heterocycles. The lowest BCUT2D eigenvalue weighted by atomic mass is 9.97. The lowest BCUT2D eigenvalue weighted by Gasteiger charge is -2.40. The van der Waals surface area contributed by atoms with Gasteiger partial charge in [-0.15, -0.1) is 0 Å². The monoisotopic (exact) mass is 353 g/mol. The highest BCUT2D eigenvalue weighted by molar-refractivity contribution is 9.10. The summed E-state index contributed by atoms with van der Waals surface area (Å²) in [4.78, 5) is 14.8. The Kier molecular flexibility index (Phi) is 3.04. The van der Waals surface area contributed by atoms with E-state index in [0.717, 1.165) is 6.42 Å². The maximum atomic E-state index is 13.5. The first kappa shape index (κ1) is 13.3. The summed E-state index contributed by atoms with van der Waals surface area (Å²) in [6.45, 7) is 2.00. The third-order valence-electron chi connectivity index (χ3n) is 4.20. The quantitative estimate of drug-likeness (QED) is 0.730. The van der Waals surface area contributed by atoms with Gasteiger partial charge in [-0.25, -0.2) is 4.39 Å². The average molecular weight is 354 g/mol. The van der Waals surface area contributed by atoms with Crippen LogP contribution in [0.4, 0.5) is 10.3 Å². The predicted molar refractivity (Wildman–Crippen MR) is 80.4 cm³/mol. The molecule has 6 heteroatoms. The Morgan fingerprint density at radius 2 is 2.24 bits per heavy atom. The van der Waals surface area contributed by atoms with E-state index in [1.165, 1.54) is 12.1 Å². The highest BCUT2D eigenvalue weighted by Crippen LogP contribution is 2.35. The first-order valence-electron chi connectivity index (χ1n) is 6.94. The van der Waals surface area contributed by atoms with Crippen molar-refractivity contribution in [1.29, 1.82) is 0 Å². The van der Waals surface area contributed by atoms with Crippen LogP contribution in [0.1, 0.15) is 12.0 Å². The van der Waals surface area contributed by atoms with E-state index < -0.39 is 5.82 Å². The second kappa shape index (κ2) is 4.81. The van der Waals surface area contributed by atoms with Gasteiger partial charge in [0.15, 0.2) is 11.0 Å². The van der Waals surface area contributed by atoms with Crippen LogP contribution in [0.15, 0.2) is 25.8 Å². The summed E-state index contributed by atoms with van der Waals surface area (Å²) in [5.74, 6) is 0.182. The molecule has 2 aromatic rings. The fourth-order valence-corrected chi connectivity index (χ4v) is 3.69. The molecule has 1 atom stereocenters. The highest BCUT2D eigenvalue weighted by Gasteiger charge is 2.33. The van der Waals surface area contributed by atoms with E-state index in [1.807, 2.05) is 0 Å². The minimum absolute atomic E-state index is 0.128. The van der Waals surface area contributed by atoms with Crippen molar-refractivity contribution < 1.29 is 13.5 Å². The molecule has 21 heavy (non-hydrogen) atoms. The van der Waals surface area contributed by atoms with E-state index in [2.05, 4.69) is 20.8 Å². The van der Waals surface area contributed by atoms with Gasteiger partial charge in [-0.3, -0.25) is 4.79 Å². The van der Waals surface area contributed by atoms with Gasteiger partial charge in [0.1, 0.15) is 5.82 Å².